The first kappa shape index (κ1) is 12.5. The van der Waals surface area contributed by atoms with Crippen molar-refractivity contribution >= 4 is 5.91 Å². The van der Waals surface area contributed by atoms with Crippen LogP contribution in [0.5, 0.6) is 0 Å². The zero-order chi connectivity index (χ0) is 11.7. The molecule has 1 saturated heterocycles. The van der Waals surface area contributed by atoms with E-state index in [0.29, 0.717) is 19.4 Å². The lowest BCUT2D eigenvalue weighted by Gasteiger charge is -2.36. The lowest BCUT2D eigenvalue weighted by Crippen LogP contribution is -2.40. The average Bonchev–Trinajstić information content (AvgIpc) is 2.38. The molecule has 0 aliphatic carbocycles. The molecule has 1 aliphatic heterocycles. The number of aliphatic hydroxyl groups excluding tert-OH is 1. The van der Waals surface area contributed by atoms with Gasteiger partial charge in [0.15, 0.2) is 0 Å². The fourth-order valence-electron chi connectivity index (χ4n) is 1.49. The van der Waals surface area contributed by atoms with E-state index in [4.69, 9.17) is 9.94 Å². The first-order chi connectivity index (χ1) is 6.80. The quantitative estimate of drug-likeness (QED) is 0.773. The molecule has 88 valence electrons. The van der Waals surface area contributed by atoms with Gasteiger partial charge >= 0.3 is 0 Å². The third-order valence-electron chi connectivity index (χ3n) is 3.18. The number of carbonyl (C=O) groups excluding carboxylic acids is 1. The van der Waals surface area contributed by atoms with Crippen molar-refractivity contribution in [3.63, 3.8) is 0 Å². The number of hydroxylamine groups is 2. The molecule has 0 aromatic rings. The van der Waals surface area contributed by atoms with E-state index in [1.165, 1.54) is 5.06 Å². The van der Waals surface area contributed by atoms with Crippen LogP contribution in [0.15, 0.2) is 0 Å². The van der Waals surface area contributed by atoms with Crippen LogP contribution >= 0.6 is 0 Å². The molecule has 0 aromatic heterocycles. The molecule has 1 N–H and O–H groups in total. The Kier molecular flexibility index (Phi) is 3.41. The Balaban J connectivity index is 2.66. The van der Waals surface area contributed by atoms with Crippen LogP contribution in [0.25, 0.3) is 0 Å². The van der Waals surface area contributed by atoms with E-state index >= 15 is 0 Å². The van der Waals surface area contributed by atoms with Crippen LogP contribution in [0.1, 0.15) is 40.5 Å². The first-order valence-corrected chi connectivity index (χ1v) is 5.40. The summed E-state index contributed by atoms with van der Waals surface area (Å²) >= 11 is 0. The molecule has 1 amide bonds. The zero-order valence-electron chi connectivity index (χ0n) is 10.0. The summed E-state index contributed by atoms with van der Waals surface area (Å²) in [6.07, 6.45) is 0.980. The lowest BCUT2D eigenvalue weighted by molar-refractivity contribution is -0.221. The van der Waals surface area contributed by atoms with Gasteiger partial charge in [0.25, 0.3) is 0 Å². The van der Waals surface area contributed by atoms with Crippen LogP contribution < -0.4 is 0 Å². The minimum Gasteiger partial charge on any atom is -0.396 e. The molecule has 4 nitrogen and oxygen atoms in total. The predicted octanol–water partition coefficient (Wildman–Crippen LogP) is 1.34. The van der Waals surface area contributed by atoms with Gasteiger partial charge in [0.2, 0.25) is 5.91 Å². The molecule has 0 radical (unpaired) electrons. The molecular formula is C11H21NO3. The average molecular weight is 215 g/mol. The normalized spacial score (nSPS) is 27.5. The molecule has 1 fully saturated rings. The van der Waals surface area contributed by atoms with E-state index in [9.17, 15) is 4.79 Å². The van der Waals surface area contributed by atoms with Crippen LogP contribution in [-0.2, 0) is 9.63 Å². The molecule has 0 spiro atoms. The number of amides is 1. The summed E-state index contributed by atoms with van der Waals surface area (Å²) in [5, 5.41) is 10.1. The molecule has 0 bridgehead atoms. The summed E-state index contributed by atoms with van der Waals surface area (Å²) < 4.78 is 0. The Morgan fingerprint density at radius 3 is 2.53 bits per heavy atom. The van der Waals surface area contributed by atoms with Gasteiger partial charge in [-0.15, -0.1) is 0 Å². The van der Waals surface area contributed by atoms with Crippen molar-refractivity contribution in [3.05, 3.63) is 0 Å². The fourth-order valence-corrected chi connectivity index (χ4v) is 1.49. The standard InChI is InChI=1S/C11H21NO3/c1-10(2,3)11(4)8-9(14)12(15-11)6-5-7-13/h13H,5-8H2,1-4H3. The molecule has 1 unspecified atom stereocenters. The van der Waals surface area contributed by atoms with Crippen LogP contribution in [0.3, 0.4) is 0 Å². The molecule has 1 rings (SSSR count). The molecule has 15 heavy (non-hydrogen) atoms. The Labute approximate surface area is 91.2 Å². The summed E-state index contributed by atoms with van der Waals surface area (Å²) in [5.74, 6) is 0.0147. The Hall–Kier alpha value is -0.610. The molecule has 1 atom stereocenters. The van der Waals surface area contributed by atoms with E-state index in [1.807, 2.05) is 6.92 Å². The second-order valence-electron chi connectivity index (χ2n) is 5.32. The van der Waals surface area contributed by atoms with Crippen molar-refractivity contribution in [1.82, 2.24) is 5.06 Å². The molecule has 4 heteroatoms. The van der Waals surface area contributed by atoms with Crippen molar-refractivity contribution in [3.8, 4) is 0 Å². The minimum absolute atomic E-state index is 0.0147. The summed E-state index contributed by atoms with van der Waals surface area (Å²) in [4.78, 5) is 17.4. The van der Waals surface area contributed by atoms with E-state index in [1.54, 1.807) is 0 Å². The van der Waals surface area contributed by atoms with Gasteiger partial charge in [0.05, 0.1) is 13.0 Å². The minimum atomic E-state index is -0.431. The third-order valence-corrected chi connectivity index (χ3v) is 3.18. The van der Waals surface area contributed by atoms with Crippen LogP contribution in [-0.4, -0.2) is 34.8 Å². The van der Waals surface area contributed by atoms with Crippen LogP contribution in [0, 0.1) is 5.41 Å². The Bertz CT molecular complexity index is 247. The second-order valence-corrected chi connectivity index (χ2v) is 5.32. The van der Waals surface area contributed by atoms with E-state index in [-0.39, 0.29) is 17.9 Å². The van der Waals surface area contributed by atoms with Gasteiger partial charge in [-0.25, -0.2) is 5.06 Å². The monoisotopic (exact) mass is 215 g/mol. The lowest BCUT2D eigenvalue weighted by atomic mass is 9.76. The highest BCUT2D eigenvalue weighted by Crippen LogP contribution is 2.41. The SMILES string of the molecule is CC(C)(C)C1(C)CC(=O)N(CCCO)O1. The van der Waals surface area contributed by atoms with Gasteiger partial charge < -0.3 is 5.11 Å². The molecule has 1 aliphatic rings. The third kappa shape index (κ3) is 2.49. The number of rotatable bonds is 3. The van der Waals surface area contributed by atoms with E-state index in [0.717, 1.165) is 0 Å². The predicted molar refractivity (Wildman–Crippen MR) is 57.0 cm³/mol. The number of nitrogens with zero attached hydrogens (tertiary/aromatic N) is 1. The smallest absolute Gasteiger partial charge is 0.249 e. The topological polar surface area (TPSA) is 49.8 Å². The van der Waals surface area contributed by atoms with Crippen molar-refractivity contribution in [2.45, 2.75) is 46.1 Å². The fraction of sp³-hybridized carbons (Fsp3) is 0.909. The summed E-state index contributed by atoms with van der Waals surface area (Å²) in [6, 6.07) is 0. The van der Waals surface area contributed by atoms with E-state index in [2.05, 4.69) is 20.8 Å². The highest BCUT2D eigenvalue weighted by Gasteiger charge is 2.48. The van der Waals surface area contributed by atoms with Gasteiger partial charge in [0.1, 0.15) is 5.60 Å². The van der Waals surface area contributed by atoms with Gasteiger partial charge in [-0.2, -0.15) is 0 Å². The zero-order valence-corrected chi connectivity index (χ0v) is 10.0. The van der Waals surface area contributed by atoms with Crippen molar-refractivity contribution in [2.24, 2.45) is 5.41 Å². The molecular weight excluding hydrogens is 194 g/mol. The maximum atomic E-state index is 11.7. The largest absolute Gasteiger partial charge is 0.396 e. The highest BCUT2D eigenvalue weighted by molar-refractivity contribution is 5.78. The number of hydrogen-bond acceptors (Lipinski definition) is 3. The van der Waals surface area contributed by atoms with Gasteiger partial charge in [-0.3, -0.25) is 9.63 Å². The molecule has 1 heterocycles. The van der Waals surface area contributed by atoms with Crippen molar-refractivity contribution in [2.75, 3.05) is 13.2 Å². The summed E-state index contributed by atoms with van der Waals surface area (Å²) in [6.45, 7) is 8.71. The van der Waals surface area contributed by atoms with Gasteiger partial charge in [-0.05, 0) is 18.8 Å². The molecule has 0 aromatic carbocycles. The maximum absolute atomic E-state index is 11.7. The van der Waals surface area contributed by atoms with Crippen molar-refractivity contribution in [1.29, 1.82) is 0 Å². The first-order valence-electron chi connectivity index (χ1n) is 5.40. The van der Waals surface area contributed by atoms with Gasteiger partial charge in [-0.1, -0.05) is 20.8 Å². The van der Waals surface area contributed by atoms with Crippen molar-refractivity contribution < 1.29 is 14.7 Å². The van der Waals surface area contributed by atoms with Gasteiger partial charge in [0, 0.05) is 6.61 Å². The number of aliphatic hydroxyl groups is 1. The Morgan fingerprint density at radius 1 is 1.53 bits per heavy atom. The summed E-state index contributed by atoms with van der Waals surface area (Å²) in [5.41, 5.74) is -0.504. The molecule has 0 saturated carbocycles. The maximum Gasteiger partial charge on any atom is 0.249 e. The number of carbonyl (C=O) groups is 1. The van der Waals surface area contributed by atoms with Crippen LogP contribution in [0.4, 0.5) is 0 Å². The van der Waals surface area contributed by atoms with Crippen LogP contribution in [0.2, 0.25) is 0 Å². The number of hydrogen-bond donors (Lipinski definition) is 1. The van der Waals surface area contributed by atoms with E-state index < -0.39 is 5.60 Å². The second kappa shape index (κ2) is 4.10. The Morgan fingerprint density at radius 2 is 2.13 bits per heavy atom. The summed E-state index contributed by atoms with van der Waals surface area (Å²) in [7, 11) is 0. The highest BCUT2D eigenvalue weighted by atomic mass is 16.7.